The first kappa shape index (κ1) is 20.7. The van der Waals surface area contributed by atoms with Crippen LogP contribution < -0.4 is 5.76 Å². The molecule has 4 aromatic rings. The van der Waals surface area contributed by atoms with Crippen molar-refractivity contribution in [1.29, 1.82) is 0 Å². The third-order valence-electron chi connectivity index (χ3n) is 5.70. The quantitative estimate of drug-likeness (QED) is 0.475. The molecular formula is C22H20FN7O3. The second kappa shape index (κ2) is 8.41. The summed E-state index contributed by atoms with van der Waals surface area (Å²) in [5, 5.41) is 12.1. The number of hydrogen-bond donors (Lipinski definition) is 1. The fraction of sp³-hybridized carbons (Fsp3) is 0.273. The van der Waals surface area contributed by atoms with Crippen LogP contribution >= 0.6 is 0 Å². The minimum Gasteiger partial charge on any atom is -0.337 e. The molecule has 1 N–H and O–H groups in total. The molecule has 11 heteroatoms. The number of pyridine rings is 1. The number of likely N-dealkylation sites (tertiary alicyclic amines) is 1. The van der Waals surface area contributed by atoms with Crippen molar-refractivity contribution >= 4 is 5.91 Å². The molecule has 3 aromatic heterocycles. The summed E-state index contributed by atoms with van der Waals surface area (Å²) in [4.78, 5) is 32.4. The van der Waals surface area contributed by atoms with Gasteiger partial charge < -0.3 is 4.90 Å². The Labute approximate surface area is 187 Å². The molecule has 1 saturated heterocycles. The minimum absolute atomic E-state index is 0.0338. The van der Waals surface area contributed by atoms with Crippen molar-refractivity contribution < 1.29 is 13.7 Å². The number of carbonyl (C=O) groups is 1. The average molecular weight is 449 g/mol. The Morgan fingerprint density at radius 1 is 1.27 bits per heavy atom. The van der Waals surface area contributed by atoms with Crippen LogP contribution in [0.1, 0.15) is 34.8 Å². The fourth-order valence-electron chi connectivity index (χ4n) is 3.98. The summed E-state index contributed by atoms with van der Waals surface area (Å²) in [6.07, 6.45) is 4.91. The van der Waals surface area contributed by atoms with Gasteiger partial charge in [-0.05, 0) is 38.0 Å². The van der Waals surface area contributed by atoms with E-state index in [0.717, 1.165) is 12.8 Å². The second-order valence-corrected chi connectivity index (χ2v) is 7.99. The Morgan fingerprint density at radius 3 is 2.94 bits per heavy atom. The predicted molar refractivity (Wildman–Crippen MR) is 115 cm³/mol. The van der Waals surface area contributed by atoms with Crippen LogP contribution in [0.3, 0.4) is 0 Å². The zero-order valence-corrected chi connectivity index (χ0v) is 17.7. The van der Waals surface area contributed by atoms with E-state index in [1.165, 1.54) is 6.20 Å². The highest BCUT2D eigenvalue weighted by Gasteiger charge is 2.27. The van der Waals surface area contributed by atoms with Crippen LogP contribution in [0.15, 0.2) is 52.0 Å². The van der Waals surface area contributed by atoms with E-state index in [1.54, 1.807) is 53.0 Å². The molecule has 0 radical (unpaired) electrons. The SMILES string of the molecule is Cc1cc(-c2cn(C3CCCN(C(=O)c4cccc(-c5noc(=O)[nH]5)c4)C3)nn2)cnc1F. The Hall–Kier alpha value is -4.15. The molecule has 1 unspecified atom stereocenters. The zero-order valence-electron chi connectivity index (χ0n) is 17.7. The van der Waals surface area contributed by atoms with Crippen molar-refractivity contribution in [3.8, 4) is 22.6 Å². The lowest BCUT2D eigenvalue weighted by Gasteiger charge is -2.32. The van der Waals surface area contributed by atoms with Gasteiger partial charge in [-0.3, -0.25) is 14.3 Å². The molecule has 1 fully saturated rings. The van der Waals surface area contributed by atoms with Crippen LogP contribution in [0.5, 0.6) is 0 Å². The van der Waals surface area contributed by atoms with Crippen LogP contribution in [0, 0.1) is 12.9 Å². The lowest BCUT2D eigenvalue weighted by molar-refractivity contribution is 0.0672. The van der Waals surface area contributed by atoms with Crippen molar-refractivity contribution in [1.82, 2.24) is 35.0 Å². The first-order valence-electron chi connectivity index (χ1n) is 10.5. The maximum atomic E-state index is 13.5. The van der Waals surface area contributed by atoms with Gasteiger partial charge in [0, 0.05) is 41.5 Å². The van der Waals surface area contributed by atoms with E-state index in [1.807, 2.05) is 0 Å². The van der Waals surface area contributed by atoms with Crippen LogP contribution in [0.2, 0.25) is 0 Å². The molecule has 0 saturated carbocycles. The summed E-state index contributed by atoms with van der Waals surface area (Å²) in [6.45, 7) is 2.76. The Bertz CT molecular complexity index is 1380. The van der Waals surface area contributed by atoms with Gasteiger partial charge in [-0.15, -0.1) is 5.10 Å². The van der Waals surface area contributed by atoms with Crippen molar-refractivity contribution in [3.63, 3.8) is 0 Å². The molecule has 1 aliphatic heterocycles. The smallest absolute Gasteiger partial charge is 0.337 e. The first-order chi connectivity index (χ1) is 16.0. The predicted octanol–water partition coefficient (Wildman–Crippen LogP) is 2.61. The summed E-state index contributed by atoms with van der Waals surface area (Å²) in [6, 6.07) is 8.53. The lowest BCUT2D eigenvalue weighted by atomic mass is 10.0. The fourth-order valence-corrected chi connectivity index (χ4v) is 3.98. The molecular weight excluding hydrogens is 429 g/mol. The van der Waals surface area contributed by atoms with Crippen LogP contribution in [0.4, 0.5) is 4.39 Å². The van der Waals surface area contributed by atoms with Crippen LogP contribution in [-0.2, 0) is 0 Å². The third-order valence-corrected chi connectivity index (χ3v) is 5.70. The Balaban J connectivity index is 1.33. The standard InChI is InChI=1S/C22H20FN7O3/c1-13-8-16(10-24-19(13)23)18-12-30(28-26-18)17-6-3-7-29(11-17)21(31)15-5-2-4-14(9-15)20-25-22(32)33-27-20/h2,4-5,8-10,12,17H,3,6-7,11H2,1H3,(H,25,27,32). The van der Waals surface area contributed by atoms with E-state index in [2.05, 4.69) is 30.0 Å². The number of benzene rings is 1. The van der Waals surface area contributed by atoms with Gasteiger partial charge in [-0.2, -0.15) is 4.39 Å². The van der Waals surface area contributed by atoms with Gasteiger partial charge in [0.25, 0.3) is 5.91 Å². The average Bonchev–Trinajstić information content (AvgIpc) is 3.50. The molecule has 4 heterocycles. The minimum atomic E-state index is -0.653. The summed E-state index contributed by atoms with van der Waals surface area (Å²) in [5.41, 5.74) is 2.80. The molecule has 1 amide bonds. The number of H-pyrrole nitrogens is 1. The Kier molecular flexibility index (Phi) is 5.29. The van der Waals surface area contributed by atoms with Gasteiger partial charge in [0.1, 0.15) is 5.69 Å². The molecule has 5 rings (SSSR count). The number of carbonyl (C=O) groups excluding carboxylic acids is 1. The molecule has 1 aliphatic rings. The van der Waals surface area contributed by atoms with E-state index in [-0.39, 0.29) is 17.8 Å². The maximum absolute atomic E-state index is 13.5. The number of piperidine rings is 1. The van der Waals surface area contributed by atoms with Crippen molar-refractivity contribution in [2.24, 2.45) is 0 Å². The number of nitrogens with one attached hydrogen (secondary N) is 1. The van der Waals surface area contributed by atoms with Gasteiger partial charge in [0.15, 0.2) is 5.82 Å². The van der Waals surface area contributed by atoms with E-state index in [4.69, 9.17) is 0 Å². The summed E-state index contributed by atoms with van der Waals surface area (Å²) in [7, 11) is 0. The number of aryl methyl sites for hydroxylation is 1. The number of aromatic nitrogens is 6. The maximum Gasteiger partial charge on any atom is 0.439 e. The van der Waals surface area contributed by atoms with Gasteiger partial charge in [0.05, 0.1) is 12.2 Å². The van der Waals surface area contributed by atoms with Crippen LogP contribution in [-0.4, -0.2) is 54.0 Å². The topological polar surface area (TPSA) is 123 Å². The summed E-state index contributed by atoms with van der Waals surface area (Å²) >= 11 is 0. The molecule has 168 valence electrons. The summed E-state index contributed by atoms with van der Waals surface area (Å²) in [5.74, 6) is -1.01. The molecule has 0 spiro atoms. The second-order valence-electron chi connectivity index (χ2n) is 7.99. The highest BCUT2D eigenvalue weighted by Crippen LogP contribution is 2.25. The van der Waals surface area contributed by atoms with E-state index in [9.17, 15) is 14.0 Å². The molecule has 33 heavy (non-hydrogen) atoms. The number of amides is 1. The highest BCUT2D eigenvalue weighted by molar-refractivity contribution is 5.95. The van der Waals surface area contributed by atoms with Crippen molar-refractivity contribution in [2.75, 3.05) is 13.1 Å². The summed E-state index contributed by atoms with van der Waals surface area (Å²) < 4.78 is 19.8. The lowest BCUT2D eigenvalue weighted by Crippen LogP contribution is -2.40. The van der Waals surface area contributed by atoms with Crippen molar-refractivity contribution in [2.45, 2.75) is 25.8 Å². The molecule has 1 atom stereocenters. The van der Waals surface area contributed by atoms with E-state index in [0.29, 0.717) is 41.0 Å². The number of rotatable bonds is 4. The van der Waals surface area contributed by atoms with Crippen molar-refractivity contribution in [3.05, 3.63) is 70.4 Å². The third kappa shape index (κ3) is 4.16. The van der Waals surface area contributed by atoms with Gasteiger partial charge in [-0.25, -0.2) is 14.5 Å². The Morgan fingerprint density at radius 2 is 2.15 bits per heavy atom. The molecule has 0 aliphatic carbocycles. The molecule has 1 aromatic carbocycles. The molecule has 10 nitrogen and oxygen atoms in total. The monoisotopic (exact) mass is 449 g/mol. The van der Waals surface area contributed by atoms with E-state index < -0.39 is 11.7 Å². The number of nitrogens with zero attached hydrogens (tertiary/aromatic N) is 6. The largest absolute Gasteiger partial charge is 0.439 e. The van der Waals surface area contributed by atoms with E-state index >= 15 is 0 Å². The van der Waals surface area contributed by atoms with Gasteiger partial charge in [-0.1, -0.05) is 22.5 Å². The number of halogens is 1. The number of aromatic amines is 1. The highest BCUT2D eigenvalue weighted by atomic mass is 19.1. The normalized spacial score (nSPS) is 16.2. The van der Waals surface area contributed by atoms with Crippen LogP contribution in [0.25, 0.3) is 22.6 Å². The zero-order chi connectivity index (χ0) is 22.9. The number of hydrogen-bond acceptors (Lipinski definition) is 7. The van der Waals surface area contributed by atoms with Gasteiger partial charge >= 0.3 is 5.76 Å². The molecule has 0 bridgehead atoms. The first-order valence-corrected chi connectivity index (χ1v) is 10.5. The van der Waals surface area contributed by atoms with Gasteiger partial charge in [0.2, 0.25) is 5.95 Å².